The SMILES string of the molecule is CCc1cc(-c2ccc(Cl)cc2)nc2c(OC(=O)Nc3cccc(S(N)(=O)=O)c3)cnn12. The molecule has 0 spiro atoms. The number of nitrogens with zero attached hydrogens (tertiary/aromatic N) is 3. The van der Waals surface area contributed by atoms with Crippen molar-refractivity contribution < 1.29 is 17.9 Å². The minimum atomic E-state index is -3.91. The molecule has 0 aliphatic heterocycles. The Morgan fingerprint density at radius 2 is 1.94 bits per heavy atom. The van der Waals surface area contributed by atoms with E-state index in [1.807, 2.05) is 25.1 Å². The van der Waals surface area contributed by atoms with Gasteiger partial charge in [0.05, 0.1) is 16.8 Å². The highest BCUT2D eigenvalue weighted by Gasteiger charge is 2.16. The number of sulfonamides is 1. The number of hydrogen-bond acceptors (Lipinski definition) is 6. The van der Waals surface area contributed by atoms with Crippen LogP contribution in [0.2, 0.25) is 5.02 Å². The molecule has 0 unspecified atom stereocenters. The molecular formula is C21H18ClN5O4S. The molecule has 0 fully saturated rings. The summed E-state index contributed by atoms with van der Waals surface area (Å²) in [5, 5.41) is 12.5. The van der Waals surface area contributed by atoms with Gasteiger partial charge >= 0.3 is 6.09 Å². The molecule has 0 radical (unpaired) electrons. The number of rotatable bonds is 5. The van der Waals surface area contributed by atoms with E-state index in [4.69, 9.17) is 21.5 Å². The van der Waals surface area contributed by atoms with Crippen LogP contribution >= 0.6 is 11.6 Å². The number of nitrogens with two attached hydrogens (primary N) is 1. The Labute approximate surface area is 188 Å². The molecule has 4 rings (SSSR count). The van der Waals surface area contributed by atoms with Crippen LogP contribution in [0.25, 0.3) is 16.9 Å². The lowest BCUT2D eigenvalue weighted by molar-refractivity contribution is 0.215. The van der Waals surface area contributed by atoms with E-state index in [0.29, 0.717) is 22.8 Å². The topological polar surface area (TPSA) is 129 Å². The average Bonchev–Trinajstić information content (AvgIpc) is 3.15. The van der Waals surface area contributed by atoms with E-state index in [-0.39, 0.29) is 16.3 Å². The highest BCUT2D eigenvalue weighted by atomic mass is 35.5. The predicted molar refractivity (Wildman–Crippen MR) is 120 cm³/mol. The molecule has 32 heavy (non-hydrogen) atoms. The molecule has 0 aliphatic rings. The first kappa shape index (κ1) is 21.8. The largest absolute Gasteiger partial charge is 0.417 e. The molecule has 1 amide bonds. The van der Waals surface area contributed by atoms with Crippen LogP contribution in [0.3, 0.4) is 0 Å². The molecule has 4 aromatic rings. The summed E-state index contributed by atoms with van der Waals surface area (Å²) in [5.74, 6) is 0.149. The van der Waals surface area contributed by atoms with Crippen molar-refractivity contribution in [1.29, 1.82) is 0 Å². The van der Waals surface area contributed by atoms with Gasteiger partial charge in [-0.15, -0.1) is 0 Å². The smallest absolute Gasteiger partial charge is 0.404 e. The number of primary sulfonamides is 1. The van der Waals surface area contributed by atoms with E-state index in [0.717, 1.165) is 11.3 Å². The summed E-state index contributed by atoms with van der Waals surface area (Å²) in [7, 11) is -3.91. The number of benzene rings is 2. The molecule has 0 atom stereocenters. The van der Waals surface area contributed by atoms with Crippen molar-refractivity contribution in [3.05, 3.63) is 71.5 Å². The van der Waals surface area contributed by atoms with Crippen LogP contribution in [0, 0.1) is 0 Å². The average molecular weight is 472 g/mol. The predicted octanol–water partition coefficient (Wildman–Crippen LogP) is 3.87. The van der Waals surface area contributed by atoms with Crippen LogP contribution in [0.4, 0.5) is 10.5 Å². The van der Waals surface area contributed by atoms with E-state index in [9.17, 15) is 13.2 Å². The number of amides is 1. The molecule has 2 heterocycles. The summed E-state index contributed by atoms with van der Waals surface area (Å²) >= 11 is 5.98. The van der Waals surface area contributed by atoms with Crippen LogP contribution in [0.15, 0.2) is 65.7 Å². The summed E-state index contributed by atoms with van der Waals surface area (Å²) in [6.45, 7) is 1.98. The number of ether oxygens (including phenoxy) is 1. The van der Waals surface area contributed by atoms with Crippen molar-refractivity contribution >= 4 is 39.1 Å². The highest BCUT2D eigenvalue weighted by molar-refractivity contribution is 7.89. The summed E-state index contributed by atoms with van der Waals surface area (Å²) in [5.41, 5.74) is 2.97. The maximum atomic E-state index is 12.4. The van der Waals surface area contributed by atoms with Gasteiger partial charge in [0.25, 0.3) is 0 Å². The minimum Gasteiger partial charge on any atom is -0.404 e. The Balaban J connectivity index is 1.64. The number of anilines is 1. The Hall–Kier alpha value is -3.47. The number of carbonyl (C=O) groups is 1. The molecule has 0 bridgehead atoms. The number of halogens is 1. The second kappa shape index (κ2) is 8.58. The van der Waals surface area contributed by atoms with Crippen molar-refractivity contribution in [1.82, 2.24) is 14.6 Å². The Morgan fingerprint density at radius 3 is 2.62 bits per heavy atom. The first-order valence-corrected chi connectivity index (χ1v) is 11.4. The second-order valence-corrected chi connectivity index (χ2v) is 8.82. The van der Waals surface area contributed by atoms with Crippen molar-refractivity contribution in [3.8, 4) is 17.0 Å². The van der Waals surface area contributed by atoms with Gasteiger partial charge in [-0.05, 0) is 42.8 Å². The van der Waals surface area contributed by atoms with Gasteiger partial charge in [-0.2, -0.15) is 5.10 Å². The number of nitrogens with one attached hydrogen (secondary N) is 1. The molecule has 9 nitrogen and oxygen atoms in total. The van der Waals surface area contributed by atoms with Gasteiger partial charge < -0.3 is 4.74 Å². The molecule has 0 saturated heterocycles. The summed E-state index contributed by atoms with van der Waals surface area (Å²) < 4.78 is 30.0. The zero-order valence-electron chi connectivity index (χ0n) is 16.8. The monoisotopic (exact) mass is 471 g/mol. The fraction of sp³-hybridized carbons (Fsp3) is 0.0952. The molecule has 2 aromatic heterocycles. The molecule has 3 N–H and O–H groups in total. The molecule has 0 aliphatic carbocycles. The first-order valence-electron chi connectivity index (χ1n) is 9.50. The molecule has 2 aromatic carbocycles. The van der Waals surface area contributed by atoms with E-state index < -0.39 is 16.1 Å². The summed E-state index contributed by atoms with van der Waals surface area (Å²) in [4.78, 5) is 16.9. The molecular weight excluding hydrogens is 454 g/mol. The molecule has 0 saturated carbocycles. The van der Waals surface area contributed by atoms with Crippen LogP contribution in [0.5, 0.6) is 5.75 Å². The maximum Gasteiger partial charge on any atom is 0.417 e. The van der Waals surface area contributed by atoms with Gasteiger partial charge in [0, 0.05) is 22.0 Å². The number of carbonyl (C=O) groups excluding carboxylic acids is 1. The molecule has 164 valence electrons. The highest BCUT2D eigenvalue weighted by Crippen LogP contribution is 2.26. The lowest BCUT2D eigenvalue weighted by atomic mass is 10.1. The number of aryl methyl sites for hydroxylation is 1. The van der Waals surface area contributed by atoms with Crippen molar-refractivity contribution in [2.45, 2.75) is 18.2 Å². The third kappa shape index (κ3) is 4.57. The lowest BCUT2D eigenvalue weighted by Crippen LogP contribution is -2.18. The van der Waals surface area contributed by atoms with E-state index in [1.54, 1.807) is 16.6 Å². The van der Waals surface area contributed by atoms with Crippen LogP contribution < -0.4 is 15.2 Å². The normalized spacial score (nSPS) is 11.5. The zero-order chi connectivity index (χ0) is 22.9. The fourth-order valence-electron chi connectivity index (χ4n) is 3.09. The van der Waals surface area contributed by atoms with E-state index >= 15 is 0 Å². The summed E-state index contributed by atoms with van der Waals surface area (Å²) in [6.07, 6.45) is 1.24. The van der Waals surface area contributed by atoms with Crippen LogP contribution in [0.1, 0.15) is 12.6 Å². The number of hydrogen-bond donors (Lipinski definition) is 2. The van der Waals surface area contributed by atoms with Gasteiger partial charge in [-0.25, -0.2) is 27.9 Å². The molecule has 11 heteroatoms. The third-order valence-electron chi connectivity index (χ3n) is 4.63. The Bertz CT molecular complexity index is 1420. The first-order chi connectivity index (χ1) is 15.2. The van der Waals surface area contributed by atoms with Crippen LogP contribution in [-0.4, -0.2) is 29.1 Å². The van der Waals surface area contributed by atoms with Crippen molar-refractivity contribution in [2.24, 2.45) is 5.14 Å². The van der Waals surface area contributed by atoms with Gasteiger partial charge in [0.2, 0.25) is 10.0 Å². The standard InChI is InChI=1S/C21H18ClN5O4S/c1-2-16-11-18(13-6-8-14(22)9-7-13)26-20-19(12-24-27(16)20)31-21(28)25-15-4-3-5-17(10-15)32(23,29)30/h3-12H,2H2,1H3,(H,25,28)(H2,23,29,30). The van der Waals surface area contributed by atoms with Gasteiger partial charge in [0.1, 0.15) is 0 Å². The fourth-order valence-corrected chi connectivity index (χ4v) is 3.78. The van der Waals surface area contributed by atoms with E-state index in [1.165, 1.54) is 30.5 Å². The minimum absolute atomic E-state index is 0.131. The zero-order valence-corrected chi connectivity index (χ0v) is 18.4. The number of fused-ring (bicyclic) bond motifs is 1. The van der Waals surface area contributed by atoms with E-state index in [2.05, 4.69) is 15.4 Å². The lowest BCUT2D eigenvalue weighted by Gasteiger charge is -2.09. The van der Waals surface area contributed by atoms with Gasteiger partial charge in [-0.3, -0.25) is 5.32 Å². The Morgan fingerprint density at radius 1 is 1.19 bits per heavy atom. The summed E-state index contributed by atoms with van der Waals surface area (Å²) in [6, 6.07) is 14.7. The van der Waals surface area contributed by atoms with Crippen molar-refractivity contribution in [2.75, 3.05) is 5.32 Å². The van der Waals surface area contributed by atoms with Crippen LogP contribution in [-0.2, 0) is 16.4 Å². The maximum absolute atomic E-state index is 12.4. The van der Waals surface area contributed by atoms with Gasteiger partial charge in [0.15, 0.2) is 11.4 Å². The Kier molecular flexibility index (Phi) is 5.83. The second-order valence-electron chi connectivity index (χ2n) is 6.82. The number of aromatic nitrogens is 3. The van der Waals surface area contributed by atoms with Gasteiger partial charge in [-0.1, -0.05) is 36.7 Å². The van der Waals surface area contributed by atoms with Crippen molar-refractivity contribution in [3.63, 3.8) is 0 Å². The quantitative estimate of drug-likeness (QED) is 0.454. The third-order valence-corrected chi connectivity index (χ3v) is 5.79.